The van der Waals surface area contributed by atoms with Gasteiger partial charge in [-0.2, -0.15) is 0 Å². The van der Waals surface area contributed by atoms with E-state index in [0.717, 1.165) is 17.3 Å². The number of aliphatic carboxylic acids is 1. The van der Waals surface area contributed by atoms with Gasteiger partial charge in [0, 0.05) is 13.0 Å². The maximum absolute atomic E-state index is 12.6. The summed E-state index contributed by atoms with van der Waals surface area (Å²) in [6.07, 6.45) is 0.990. The molecule has 11 heteroatoms. The molecular formula is C18H19N3O6S2. The van der Waals surface area contributed by atoms with E-state index in [1.54, 1.807) is 37.5 Å². The van der Waals surface area contributed by atoms with Crippen molar-refractivity contribution in [3.8, 4) is 5.75 Å². The summed E-state index contributed by atoms with van der Waals surface area (Å²) in [7, 11) is 1.56. The van der Waals surface area contributed by atoms with Crippen LogP contribution in [0.1, 0.15) is 18.4 Å². The summed E-state index contributed by atoms with van der Waals surface area (Å²) in [6, 6.07) is 5.71. The summed E-state index contributed by atoms with van der Waals surface area (Å²) in [5.74, 6) is -2.50. The van der Waals surface area contributed by atoms with E-state index in [9.17, 15) is 19.2 Å². The number of hydrogen-bond donors (Lipinski definition) is 3. The molecule has 0 spiro atoms. The monoisotopic (exact) mass is 437 g/mol. The number of carboxylic acid groups (broad SMARTS) is 1. The molecule has 1 saturated heterocycles. The normalized spacial score (nSPS) is 16.0. The zero-order valence-electron chi connectivity index (χ0n) is 15.4. The Balaban J connectivity index is 1.97. The van der Waals surface area contributed by atoms with Crippen LogP contribution in [-0.2, 0) is 19.2 Å². The molecule has 0 saturated carbocycles. The Morgan fingerprint density at radius 3 is 2.55 bits per heavy atom. The highest BCUT2D eigenvalue weighted by molar-refractivity contribution is 8.26. The van der Waals surface area contributed by atoms with Crippen LogP contribution in [0.2, 0.25) is 0 Å². The Kier molecular flexibility index (Phi) is 7.74. The minimum absolute atomic E-state index is 0.0145. The molecule has 1 aromatic carbocycles. The molecule has 0 radical (unpaired) electrons. The summed E-state index contributed by atoms with van der Waals surface area (Å²) in [4.78, 5) is 48.2. The van der Waals surface area contributed by atoms with Crippen LogP contribution in [0.4, 0.5) is 0 Å². The zero-order valence-corrected chi connectivity index (χ0v) is 17.0. The number of carboxylic acids is 1. The molecule has 1 aliphatic heterocycles. The second kappa shape index (κ2) is 10.0. The number of hydrogen-bond acceptors (Lipinski definition) is 7. The lowest BCUT2D eigenvalue weighted by molar-refractivity contribution is -0.143. The maximum Gasteiger partial charge on any atom is 0.326 e. The van der Waals surface area contributed by atoms with Crippen LogP contribution in [-0.4, -0.2) is 57.7 Å². The first kappa shape index (κ1) is 22.4. The highest BCUT2D eigenvalue weighted by atomic mass is 32.2. The van der Waals surface area contributed by atoms with E-state index in [4.69, 9.17) is 27.8 Å². The lowest BCUT2D eigenvalue weighted by Crippen LogP contribution is -2.44. The summed E-state index contributed by atoms with van der Waals surface area (Å²) in [5.41, 5.74) is 5.76. The molecule has 2 rings (SSSR count). The molecule has 3 amide bonds. The molecule has 9 nitrogen and oxygen atoms in total. The van der Waals surface area contributed by atoms with Gasteiger partial charge in [0.1, 0.15) is 16.1 Å². The molecule has 1 atom stereocenters. The number of methoxy groups -OCH3 is 1. The van der Waals surface area contributed by atoms with Crippen LogP contribution >= 0.6 is 24.0 Å². The van der Waals surface area contributed by atoms with Crippen molar-refractivity contribution in [3.63, 3.8) is 0 Å². The van der Waals surface area contributed by atoms with Gasteiger partial charge in [-0.25, -0.2) is 4.79 Å². The SMILES string of the molecule is COc1ccc(/C=C2\SC(=S)N(CCC(=O)NC(CC(N)=O)C(=O)O)C2=O)cc1. The fourth-order valence-electron chi connectivity index (χ4n) is 2.43. The quantitative estimate of drug-likeness (QED) is 0.380. The third kappa shape index (κ3) is 6.29. The first-order valence-corrected chi connectivity index (χ1v) is 9.63. The minimum Gasteiger partial charge on any atom is -0.497 e. The van der Waals surface area contributed by atoms with Gasteiger partial charge in [0.15, 0.2) is 0 Å². The largest absolute Gasteiger partial charge is 0.497 e. The molecule has 0 aliphatic carbocycles. The van der Waals surface area contributed by atoms with Crippen molar-refractivity contribution in [2.45, 2.75) is 18.9 Å². The third-order valence-electron chi connectivity index (χ3n) is 3.89. The number of benzene rings is 1. The van der Waals surface area contributed by atoms with E-state index < -0.39 is 30.2 Å². The van der Waals surface area contributed by atoms with E-state index in [-0.39, 0.29) is 18.9 Å². The van der Waals surface area contributed by atoms with Crippen LogP contribution in [0.5, 0.6) is 5.75 Å². The van der Waals surface area contributed by atoms with Crippen molar-refractivity contribution < 1.29 is 29.0 Å². The van der Waals surface area contributed by atoms with Crippen molar-refractivity contribution in [2.24, 2.45) is 5.73 Å². The van der Waals surface area contributed by atoms with E-state index in [0.29, 0.717) is 15.0 Å². The number of rotatable bonds is 9. The van der Waals surface area contributed by atoms with Crippen molar-refractivity contribution in [2.75, 3.05) is 13.7 Å². The first-order valence-electron chi connectivity index (χ1n) is 8.41. The van der Waals surface area contributed by atoms with Crippen LogP contribution < -0.4 is 15.8 Å². The molecule has 1 aromatic rings. The molecule has 29 heavy (non-hydrogen) atoms. The third-order valence-corrected chi connectivity index (χ3v) is 5.27. The lowest BCUT2D eigenvalue weighted by atomic mass is 10.2. The Hall–Kier alpha value is -2.92. The second-order valence-electron chi connectivity index (χ2n) is 5.99. The highest BCUT2D eigenvalue weighted by Crippen LogP contribution is 2.32. The van der Waals surface area contributed by atoms with Crippen molar-refractivity contribution in [3.05, 3.63) is 34.7 Å². The van der Waals surface area contributed by atoms with Crippen LogP contribution in [0.25, 0.3) is 6.08 Å². The molecule has 1 heterocycles. The van der Waals surface area contributed by atoms with E-state index in [2.05, 4.69) is 5.32 Å². The van der Waals surface area contributed by atoms with Gasteiger partial charge in [-0.15, -0.1) is 0 Å². The van der Waals surface area contributed by atoms with Crippen LogP contribution in [0.3, 0.4) is 0 Å². The number of ether oxygens (including phenoxy) is 1. The van der Waals surface area contributed by atoms with Crippen molar-refractivity contribution in [1.82, 2.24) is 10.2 Å². The maximum atomic E-state index is 12.6. The zero-order chi connectivity index (χ0) is 21.6. The molecule has 0 bridgehead atoms. The molecule has 1 unspecified atom stereocenters. The number of amides is 3. The van der Waals surface area contributed by atoms with Gasteiger partial charge in [-0.3, -0.25) is 19.3 Å². The fourth-order valence-corrected chi connectivity index (χ4v) is 3.73. The van der Waals surface area contributed by atoms with Gasteiger partial charge >= 0.3 is 5.97 Å². The number of nitrogens with zero attached hydrogens (tertiary/aromatic N) is 1. The Labute approximate surface area is 176 Å². The van der Waals surface area contributed by atoms with E-state index in [1.165, 1.54) is 4.90 Å². The van der Waals surface area contributed by atoms with Gasteiger partial charge < -0.3 is 20.9 Å². The van der Waals surface area contributed by atoms with Gasteiger partial charge in [-0.1, -0.05) is 36.1 Å². The smallest absolute Gasteiger partial charge is 0.326 e. The number of carbonyl (C=O) groups excluding carboxylic acids is 3. The van der Waals surface area contributed by atoms with Gasteiger partial charge in [0.2, 0.25) is 11.8 Å². The molecule has 0 aromatic heterocycles. The second-order valence-corrected chi connectivity index (χ2v) is 7.66. The van der Waals surface area contributed by atoms with E-state index >= 15 is 0 Å². The summed E-state index contributed by atoms with van der Waals surface area (Å²) in [6.45, 7) is -0.0145. The van der Waals surface area contributed by atoms with Crippen molar-refractivity contribution in [1.29, 1.82) is 0 Å². The molecule has 154 valence electrons. The fraction of sp³-hybridized carbons (Fsp3) is 0.278. The number of primary amides is 1. The number of thioether (sulfide) groups is 1. The van der Waals surface area contributed by atoms with Crippen LogP contribution in [0, 0.1) is 0 Å². The highest BCUT2D eigenvalue weighted by Gasteiger charge is 2.32. The van der Waals surface area contributed by atoms with Gasteiger partial charge in [-0.05, 0) is 23.8 Å². The Morgan fingerprint density at radius 2 is 2.00 bits per heavy atom. The number of carbonyl (C=O) groups is 4. The van der Waals surface area contributed by atoms with Crippen molar-refractivity contribution >= 4 is 58.1 Å². The summed E-state index contributed by atoms with van der Waals surface area (Å²) in [5, 5.41) is 11.2. The van der Waals surface area contributed by atoms with Gasteiger partial charge in [0.05, 0.1) is 18.4 Å². The molecule has 4 N–H and O–H groups in total. The Bertz CT molecular complexity index is 869. The predicted molar refractivity (Wildman–Crippen MR) is 111 cm³/mol. The molecule has 1 aliphatic rings. The summed E-state index contributed by atoms with van der Waals surface area (Å²) < 4.78 is 5.39. The first-order chi connectivity index (χ1) is 13.7. The average molecular weight is 437 g/mol. The summed E-state index contributed by atoms with van der Waals surface area (Å²) >= 11 is 6.33. The predicted octanol–water partition coefficient (Wildman–Crippen LogP) is 0.731. The van der Waals surface area contributed by atoms with E-state index in [1.807, 2.05) is 0 Å². The van der Waals surface area contributed by atoms with Gasteiger partial charge in [0.25, 0.3) is 5.91 Å². The topological polar surface area (TPSA) is 139 Å². The van der Waals surface area contributed by atoms with Crippen LogP contribution in [0.15, 0.2) is 29.2 Å². The number of thiocarbonyl (C=S) groups is 1. The lowest BCUT2D eigenvalue weighted by Gasteiger charge is -2.16. The number of nitrogens with one attached hydrogen (secondary N) is 1. The number of nitrogens with two attached hydrogens (primary N) is 1. The Morgan fingerprint density at radius 1 is 1.34 bits per heavy atom. The minimum atomic E-state index is -1.42. The molecule has 1 fully saturated rings. The standard InChI is InChI=1S/C18H19N3O6S2/c1-27-11-4-2-10(3-5-11)8-13-16(24)21(18(28)29-13)7-6-15(23)20-12(17(25)26)9-14(19)22/h2-5,8,12H,6-7,9H2,1H3,(H2,19,22)(H,20,23)(H,25,26)/b13-8-. The average Bonchev–Trinajstić information content (AvgIpc) is 2.92. The molecular weight excluding hydrogens is 418 g/mol.